The van der Waals surface area contributed by atoms with Gasteiger partial charge in [-0.25, -0.2) is 0 Å². The molecule has 0 atom stereocenters. The largest absolute Gasteiger partial charge is 0.311 e. The second kappa shape index (κ2) is 15.3. The highest BCUT2D eigenvalue weighted by Crippen LogP contribution is 2.63. The molecule has 2 nitrogen and oxygen atoms in total. The van der Waals surface area contributed by atoms with E-state index in [4.69, 9.17) is 0 Å². The Morgan fingerprint density at radius 2 is 0.815 bits per heavy atom. The van der Waals surface area contributed by atoms with Gasteiger partial charge in [0, 0.05) is 64.0 Å². The van der Waals surface area contributed by atoms with Crippen molar-refractivity contribution in [1.82, 2.24) is 0 Å². The van der Waals surface area contributed by atoms with Crippen molar-refractivity contribution < 1.29 is 0 Å². The van der Waals surface area contributed by atoms with Gasteiger partial charge in [-0.15, -0.1) is 11.3 Å². The smallest absolute Gasteiger partial charge is 0.0736 e. The first-order chi connectivity index (χ1) is 32.2. The van der Waals surface area contributed by atoms with Crippen molar-refractivity contribution in [3.05, 3.63) is 265 Å². The molecule has 0 unspecified atom stereocenters. The number of benzene rings is 10. The van der Waals surface area contributed by atoms with Crippen LogP contribution in [0.2, 0.25) is 0 Å². The van der Waals surface area contributed by atoms with Gasteiger partial charge < -0.3 is 9.80 Å². The molecule has 4 heteroatoms. The lowest BCUT2D eigenvalue weighted by Gasteiger charge is -2.40. The number of rotatable bonds is 7. The molecule has 0 radical (unpaired) electrons. The Labute approximate surface area is 387 Å². The minimum atomic E-state index is -0.488. The van der Waals surface area contributed by atoms with E-state index in [1.54, 1.807) is 0 Å². The normalized spacial score (nSPS) is 13.0. The van der Waals surface area contributed by atoms with Crippen molar-refractivity contribution >= 4 is 77.4 Å². The lowest BCUT2D eigenvalue weighted by molar-refractivity contribution is 0.722. The molecule has 0 bridgehead atoms. The summed E-state index contributed by atoms with van der Waals surface area (Å²) in [6.45, 7) is 0. The van der Waals surface area contributed by atoms with Gasteiger partial charge in [-0.3, -0.25) is 0 Å². The van der Waals surface area contributed by atoms with Gasteiger partial charge in [-0.1, -0.05) is 163 Å². The zero-order chi connectivity index (χ0) is 42.9. The lowest BCUT2D eigenvalue weighted by Crippen LogP contribution is -2.32. The number of hydrogen-bond donors (Lipinski definition) is 0. The molecule has 2 heterocycles. The maximum absolute atomic E-state index is 2.51. The molecular formula is C61H40N2S2. The van der Waals surface area contributed by atoms with Gasteiger partial charge in [-0.2, -0.15) is 0 Å². The van der Waals surface area contributed by atoms with E-state index >= 15 is 0 Å². The topological polar surface area (TPSA) is 6.48 Å². The molecule has 0 N–H and O–H groups in total. The van der Waals surface area contributed by atoms with E-state index in [1.165, 1.54) is 68.9 Å². The maximum atomic E-state index is 2.51. The van der Waals surface area contributed by atoms with Crippen LogP contribution in [0.15, 0.2) is 252 Å². The fraction of sp³-hybridized carbons (Fsp3) is 0.0164. The van der Waals surface area contributed by atoms with Crippen LogP contribution in [0, 0.1) is 0 Å². The number of hydrogen-bond acceptors (Lipinski definition) is 4. The van der Waals surface area contributed by atoms with Gasteiger partial charge in [0.15, 0.2) is 0 Å². The molecule has 0 saturated carbocycles. The summed E-state index contributed by atoms with van der Waals surface area (Å²) < 4.78 is 2.56. The average molecular weight is 865 g/mol. The highest BCUT2D eigenvalue weighted by Gasteiger charge is 2.50. The average Bonchev–Trinajstić information content (AvgIpc) is 3.88. The summed E-state index contributed by atoms with van der Waals surface area (Å²) in [5.41, 5.74) is 16.4. The number of thiophene rings is 1. The highest BCUT2D eigenvalue weighted by atomic mass is 32.2. The fourth-order valence-electron chi connectivity index (χ4n) is 10.6. The predicted octanol–water partition coefficient (Wildman–Crippen LogP) is 17.5. The molecule has 1 aromatic heterocycles. The summed E-state index contributed by atoms with van der Waals surface area (Å²) >= 11 is 3.75. The van der Waals surface area contributed by atoms with Crippen molar-refractivity contribution in [1.29, 1.82) is 0 Å². The van der Waals surface area contributed by atoms with E-state index in [0.717, 1.165) is 39.7 Å². The standard InChI is InChI=1S/C61H40N2S2/c1-4-18-42(19-5-1)62(43-20-6-2-7-21-43)45-34-32-41(33-35-45)50-40-60-51(49-25-11-15-29-57(49)64-60)39-56(50)63(44-22-8-3-9-23-44)46-36-37-48-47-24-10-12-26-52(47)61(55(48)38-46)53-27-13-16-30-58(53)65-59-31-17-14-28-54(59)61/h1-40H. The van der Waals surface area contributed by atoms with Gasteiger partial charge in [0.05, 0.1) is 11.1 Å². The zero-order valence-corrected chi connectivity index (χ0v) is 36.9. The minimum absolute atomic E-state index is 0.488. The monoisotopic (exact) mass is 864 g/mol. The molecule has 1 spiro atoms. The van der Waals surface area contributed by atoms with E-state index in [1.807, 2.05) is 23.1 Å². The number of nitrogens with zero attached hydrogens (tertiary/aromatic N) is 2. The van der Waals surface area contributed by atoms with E-state index in [-0.39, 0.29) is 0 Å². The van der Waals surface area contributed by atoms with E-state index in [0.29, 0.717) is 0 Å². The molecule has 306 valence electrons. The van der Waals surface area contributed by atoms with Crippen LogP contribution in [0.3, 0.4) is 0 Å². The van der Waals surface area contributed by atoms with Crippen LogP contribution in [0.1, 0.15) is 22.3 Å². The third-order valence-corrected chi connectivity index (χ3v) is 15.6. The van der Waals surface area contributed by atoms with Crippen molar-refractivity contribution in [3.63, 3.8) is 0 Å². The summed E-state index contributed by atoms with van der Waals surface area (Å²) in [6, 6.07) is 89.5. The Morgan fingerprint density at radius 3 is 1.48 bits per heavy atom. The van der Waals surface area contributed by atoms with Crippen LogP contribution in [0.5, 0.6) is 0 Å². The Morgan fingerprint density at radius 1 is 0.308 bits per heavy atom. The van der Waals surface area contributed by atoms with Crippen molar-refractivity contribution in [3.8, 4) is 22.3 Å². The van der Waals surface area contributed by atoms with E-state index in [2.05, 4.69) is 252 Å². The molecule has 10 aromatic carbocycles. The van der Waals surface area contributed by atoms with Crippen LogP contribution in [0.4, 0.5) is 34.1 Å². The quantitative estimate of drug-likeness (QED) is 0.158. The summed E-state index contributed by atoms with van der Waals surface area (Å²) in [5.74, 6) is 0. The van der Waals surface area contributed by atoms with Crippen molar-refractivity contribution in [2.45, 2.75) is 15.2 Å². The molecule has 2 aliphatic rings. The molecule has 11 aromatic rings. The number of anilines is 6. The van der Waals surface area contributed by atoms with Crippen LogP contribution >= 0.6 is 23.1 Å². The first-order valence-corrected chi connectivity index (χ1v) is 23.8. The molecule has 65 heavy (non-hydrogen) atoms. The third-order valence-electron chi connectivity index (χ3n) is 13.3. The molecule has 1 aliphatic carbocycles. The fourth-order valence-corrected chi connectivity index (χ4v) is 12.9. The Bertz CT molecular complexity index is 3500. The molecule has 0 amide bonds. The lowest BCUT2D eigenvalue weighted by atomic mass is 9.67. The van der Waals surface area contributed by atoms with Gasteiger partial charge in [0.1, 0.15) is 0 Å². The summed E-state index contributed by atoms with van der Waals surface area (Å²) in [6.07, 6.45) is 0. The van der Waals surface area contributed by atoms with Gasteiger partial charge >= 0.3 is 0 Å². The number of fused-ring (bicyclic) bond motifs is 12. The van der Waals surface area contributed by atoms with Crippen molar-refractivity contribution in [2.75, 3.05) is 9.80 Å². The Hall–Kier alpha value is -7.63. The third kappa shape index (κ3) is 5.95. The van der Waals surface area contributed by atoms with Crippen molar-refractivity contribution in [2.24, 2.45) is 0 Å². The van der Waals surface area contributed by atoms with Gasteiger partial charge in [0.25, 0.3) is 0 Å². The summed E-state index contributed by atoms with van der Waals surface area (Å²) in [5, 5.41) is 2.54. The highest BCUT2D eigenvalue weighted by molar-refractivity contribution is 7.99. The van der Waals surface area contributed by atoms with Crippen LogP contribution < -0.4 is 9.80 Å². The molecular weight excluding hydrogens is 825 g/mol. The Kier molecular flexibility index (Phi) is 8.90. The van der Waals surface area contributed by atoms with E-state index < -0.39 is 5.41 Å². The van der Waals surface area contributed by atoms with Crippen LogP contribution in [-0.2, 0) is 5.41 Å². The van der Waals surface area contributed by atoms with E-state index in [9.17, 15) is 0 Å². The minimum Gasteiger partial charge on any atom is -0.311 e. The summed E-state index contributed by atoms with van der Waals surface area (Å²) in [7, 11) is 0. The zero-order valence-electron chi connectivity index (χ0n) is 35.3. The molecule has 0 fully saturated rings. The maximum Gasteiger partial charge on any atom is 0.0736 e. The number of para-hydroxylation sites is 3. The van der Waals surface area contributed by atoms with Crippen LogP contribution in [-0.4, -0.2) is 0 Å². The first kappa shape index (κ1) is 37.9. The first-order valence-electron chi connectivity index (χ1n) is 22.2. The Balaban J connectivity index is 1.05. The van der Waals surface area contributed by atoms with Gasteiger partial charge in [-0.05, 0) is 130 Å². The summed E-state index contributed by atoms with van der Waals surface area (Å²) in [4.78, 5) is 7.44. The molecule has 13 rings (SSSR count). The second-order valence-corrected chi connectivity index (χ2v) is 19.0. The SMILES string of the molecule is c1ccc(N(c2ccccc2)c2ccc(-c3cc4sc5ccccc5c4cc3N(c3ccccc3)c3ccc4c(c3)C3(c5ccccc5Sc5ccccc53)c3ccccc3-4)cc2)cc1. The molecule has 1 aliphatic heterocycles. The molecule has 0 saturated heterocycles. The van der Waals surface area contributed by atoms with Crippen LogP contribution in [0.25, 0.3) is 42.4 Å². The van der Waals surface area contributed by atoms with Gasteiger partial charge in [0.2, 0.25) is 0 Å². The predicted molar refractivity (Wildman–Crippen MR) is 276 cm³/mol. The second-order valence-electron chi connectivity index (χ2n) is 16.8.